The van der Waals surface area contributed by atoms with Crippen molar-refractivity contribution in [3.05, 3.63) is 119 Å². The van der Waals surface area contributed by atoms with Crippen molar-refractivity contribution in [3.8, 4) is 22.3 Å². The molecule has 6 aliphatic heterocycles. The van der Waals surface area contributed by atoms with Gasteiger partial charge in [0.1, 0.15) is 81.2 Å². The van der Waals surface area contributed by atoms with Crippen LogP contribution in [0.3, 0.4) is 0 Å². The monoisotopic (exact) mass is 1380 g/mol. The lowest BCUT2D eigenvalue weighted by Crippen LogP contribution is -2.31. The number of hydrogen-bond donors (Lipinski definition) is 0. The molecule has 25 nitrogen and oxygen atoms in total. The van der Waals surface area contributed by atoms with Crippen LogP contribution in [0.2, 0.25) is 0 Å². The highest BCUT2D eigenvalue weighted by atomic mass is 16.8. The lowest BCUT2D eigenvalue weighted by atomic mass is 9.95. The Labute approximate surface area is 574 Å². The zero-order valence-corrected chi connectivity index (χ0v) is 57.1. The fourth-order valence-corrected chi connectivity index (χ4v) is 12.2. The molecule has 0 N–H and O–H groups in total. The minimum Gasteiger partial charge on any atom is -0.465 e. The Morgan fingerprint density at radius 1 is 0.394 bits per heavy atom. The first-order valence-corrected chi connectivity index (χ1v) is 33.6. The van der Waals surface area contributed by atoms with Crippen molar-refractivity contribution in [1.82, 2.24) is 0 Å². The molecule has 0 spiro atoms. The van der Waals surface area contributed by atoms with Crippen molar-refractivity contribution in [1.29, 1.82) is 0 Å². The summed E-state index contributed by atoms with van der Waals surface area (Å²) in [5.74, 6) is -7.89. The average molecular weight is 1380 g/mol. The van der Waals surface area contributed by atoms with Gasteiger partial charge in [-0.1, -0.05) is 97.1 Å². The summed E-state index contributed by atoms with van der Waals surface area (Å²) in [6, 6.07) is 32.7. The van der Waals surface area contributed by atoms with E-state index >= 15 is 0 Å². The highest BCUT2D eigenvalue weighted by molar-refractivity contribution is 6.00. The molecule has 6 saturated heterocycles. The summed E-state index contributed by atoms with van der Waals surface area (Å²) in [6.07, 6.45) is -1.33. The Bertz CT molecular complexity index is 3330. The molecule has 2 aliphatic carbocycles. The van der Waals surface area contributed by atoms with E-state index in [0.29, 0.717) is 39.5 Å². The number of fused-ring (bicyclic) bond motifs is 6. The van der Waals surface area contributed by atoms with E-state index in [-0.39, 0.29) is 99.9 Å². The summed E-state index contributed by atoms with van der Waals surface area (Å²) in [4.78, 5) is 118. The van der Waals surface area contributed by atoms with Crippen LogP contribution < -0.4 is 0 Å². The second-order valence-corrected chi connectivity index (χ2v) is 26.5. The summed E-state index contributed by atoms with van der Waals surface area (Å²) in [5.41, 5.74) is 9.22. The molecule has 25 heteroatoms. The number of benzene rings is 4. The summed E-state index contributed by atoms with van der Waals surface area (Å²) in [5, 5.41) is 0. The molecule has 0 aromatic heterocycles. The predicted octanol–water partition coefficient (Wildman–Crippen LogP) is 9.16. The Hall–Kier alpha value is -8.46. The number of ether oxygens (including phenoxy) is 15. The zero-order chi connectivity index (χ0) is 71.0. The Morgan fingerprint density at radius 2 is 0.737 bits per heavy atom. The van der Waals surface area contributed by atoms with Gasteiger partial charge in [0.2, 0.25) is 0 Å². The van der Waals surface area contributed by atoms with Crippen molar-refractivity contribution in [2.24, 2.45) is 35.5 Å². The minimum absolute atomic E-state index is 0.00378. The standard InChI is InChI=1S/C32H26O4.C16H26O7.C14H22O5.C12H14O9/c1-20(31(33)35-18-29-25-14-6-2-10-21(25)22-11-3-7-15-26(22)29)32(34)36-19-30-27-16-8-4-12-23(27)24-13-5-9-17-28(24)30;1-10(13(17)6-11-8-20-15(2,3)22-11)14(18)19-7-12-9-21-16(4,5)23-12;1-10(13(15)6-11-2-4-17-7-11)14(16)19-9-12-3-5-18-8-12;1-6(9(13)2-7-3-18-11(15)20-7)10(14)17-4-8-5-19-12(16)21-8/h2-17,20,29-30H,18-19H2,1H3;10-12H,6-9H2,1-5H3;10-12H,2-9H2,1H3;6-8H,2-5H2,1H3. The maximum absolute atomic E-state index is 12.8. The number of ketones is 3. The van der Waals surface area contributed by atoms with Crippen LogP contribution in [0.15, 0.2) is 97.1 Å². The summed E-state index contributed by atoms with van der Waals surface area (Å²) in [6.45, 7) is 17.4. The Kier molecular flexibility index (Phi) is 26.1. The molecule has 534 valence electrons. The molecule has 0 amide bonds. The molecule has 9 atom stereocenters. The van der Waals surface area contributed by atoms with Crippen molar-refractivity contribution < 1.29 is 119 Å². The van der Waals surface area contributed by atoms with Crippen molar-refractivity contribution in [2.75, 3.05) is 85.9 Å². The Morgan fingerprint density at radius 3 is 1.12 bits per heavy atom. The lowest BCUT2D eigenvalue weighted by Gasteiger charge is -2.18. The van der Waals surface area contributed by atoms with Gasteiger partial charge in [0.25, 0.3) is 0 Å². The van der Waals surface area contributed by atoms with E-state index in [0.717, 1.165) is 48.3 Å². The minimum atomic E-state index is -1.01. The van der Waals surface area contributed by atoms with Crippen LogP contribution in [-0.4, -0.2) is 181 Å². The second-order valence-electron chi connectivity index (χ2n) is 26.5. The maximum atomic E-state index is 12.8. The van der Waals surface area contributed by atoms with E-state index in [4.69, 9.17) is 56.8 Å². The van der Waals surface area contributed by atoms with Crippen LogP contribution in [0, 0.1) is 35.5 Å². The molecule has 9 unspecified atom stereocenters. The molecule has 12 rings (SSSR count). The molecule has 99 heavy (non-hydrogen) atoms. The van der Waals surface area contributed by atoms with Gasteiger partial charge >= 0.3 is 42.2 Å². The van der Waals surface area contributed by atoms with Crippen LogP contribution >= 0.6 is 0 Å². The number of hydrogen-bond acceptors (Lipinski definition) is 25. The highest BCUT2D eigenvalue weighted by Crippen LogP contribution is 2.46. The van der Waals surface area contributed by atoms with Gasteiger partial charge in [-0.05, 0) is 119 Å². The third-order valence-corrected chi connectivity index (χ3v) is 18.0. The first-order valence-electron chi connectivity index (χ1n) is 33.6. The van der Waals surface area contributed by atoms with E-state index < -0.39 is 95.4 Å². The fourth-order valence-electron chi connectivity index (χ4n) is 12.2. The molecule has 8 aliphatic rings. The van der Waals surface area contributed by atoms with E-state index in [9.17, 15) is 47.9 Å². The van der Waals surface area contributed by atoms with Gasteiger partial charge in [0.15, 0.2) is 29.4 Å². The number of cyclic esters (lactones) is 4. The van der Waals surface area contributed by atoms with E-state index in [1.807, 2.05) is 48.5 Å². The largest absolute Gasteiger partial charge is 0.508 e. The van der Waals surface area contributed by atoms with E-state index in [2.05, 4.69) is 62.7 Å². The van der Waals surface area contributed by atoms with Gasteiger partial charge in [-0.3, -0.25) is 38.4 Å². The van der Waals surface area contributed by atoms with Crippen LogP contribution in [0.25, 0.3) is 22.3 Å². The molecule has 6 fully saturated rings. The molecule has 6 heterocycles. The lowest BCUT2D eigenvalue weighted by molar-refractivity contribution is -0.163. The van der Waals surface area contributed by atoms with Gasteiger partial charge in [0.05, 0.1) is 32.5 Å². The SMILES string of the molecule is CC(C(=O)CC1CCOC1)C(=O)OCC1CCOC1.CC(C(=O)CC1COC(=O)O1)C(=O)OCC1COC(=O)O1.CC(C(=O)CC1COC(C)(C)O1)C(=O)OCC1COC(C)(C)O1.CC(C(=O)OCC1c2ccccc2-c2ccccc21)C(=O)OCC1c2ccccc2-c2ccccc21. The van der Waals surface area contributed by atoms with Crippen LogP contribution in [-0.2, 0) is 109 Å². The van der Waals surface area contributed by atoms with Gasteiger partial charge in [-0.25, -0.2) is 9.59 Å². The van der Waals surface area contributed by atoms with Gasteiger partial charge in [-0.2, -0.15) is 0 Å². The van der Waals surface area contributed by atoms with E-state index in [1.54, 1.807) is 48.5 Å². The number of carbonyl (C=O) groups is 10. The third kappa shape index (κ3) is 20.6. The zero-order valence-electron chi connectivity index (χ0n) is 57.1. The topological polar surface area (TPSA) is 309 Å². The van der Waals surface area contributed by atoms with E-state index in [1.165, 1.54) is 29.2 Å². The molecule has 4 aromatic rings. The van der Waals surface area contributed by atoms with Crippen LogP contribution in [0.4, 0.5) is 9.59 Å². The maximum Gasteiger partial charge on any atom is 0.508 e. The van der Waals surface area contributed by atoms with Crippen LogP contribution in [0.1, 0.15) is 122 Å². The molecule has 0 saturated carbocycles. The number of rotatable bonds is 24. The van der Waals surface area contributed by atoms with Gasteiger partial charge in [-0.15, -0.1) is 0 Å². The summed E-state index contributed by atoms with van der Waals surface area (Å²) >= 11 is 0. The average Bonchev–Trinajstić information content (AvgIpc) is 1.62. The second kappa shape index (κ2) is 34.5. The molecular weight excluding hydrogens is 1290 g/mol. The fraction of sp³-hybridized carbons (Fsp3) is 0.541. The molecular formula is C74H88O25. The van der Waals surface area contributed by atoms with Crippen LogP contribution in [0.5, 0.6) is 0 Å². The van der Waals surface area contributed by atoms with Gasteiger partial charge in [0, 0.05) is 56.8 Å². The number of carbonyl (C=O) groups excluding carboxylic acids is 10. The highest BCUT2D eigenvalue weighted by Gasteiger charge is 2.40. The number of Topliss-reactive ketones (excluding diaryl/α,β-unsaturated/α-hetero) is 3. The third-order valence-electron chi connectivity index (χ3n) is 18.0. The normalized spacial score (nSPS) is 22.8. The summed E-state index contributed by atoms with van der Waals surface area (Å²) < 4.78 is 77.4. The number of esters is 5. The molecule has 0 radical (unpaired) electrons. The van der Waals surface area contributed by atoms with Crippen molar-refractivity contribution in [2.45, 2.75) is 135 Å². The van der Waals surface area contributed by atoms with Crippen molar-refractivity contribution >= 4 is 59.5 Å². The smallest absolute Gasteiger partial charge is 0.465 e. The first kappa shape index (κ1) is 74.8. The molecule has 4 aromatic carbocycles. The quantitative estimate of drug-likeness (QED) is 0.0358. The van der Waals surface area contributed by atoms with Crippen molar-refractivity contribution in [3.63, 3.8) is 0 Å². The summed E-state index contributed by atoms with van der Waals surface area (Å²) in [7, 11) is 0. The Balaban J connectivity index is 0.000000160. The predicted molar refractivity (Wildman–Crippen MR) is 348 cm³/mol. The molecule has 0 bridgehead atoms. The first-order chi connectivity index (χ1) is 47.3. The van der Waals surface area contributed by atoms with Gasteiger partial charge < -0.3 is 71.1 Å².